The largest absolute Gasteiger partial charge is 0.243 e. The van der Waals surface area contributed by atoms with Gasteiger partial charge < -0.3 is 0 Å². The van der Waals surface area contributed by atoms with Gasteiger partial charge in [0.1, 0.15) is 12.4 Å². The van der Waals surface area contributed by atoms with E-state index >= 15 is 0 Å². The molecule has 0 aliphatic heterocycles. The lowest BCUT2D eigenvalue weighted by molar-refractivity contribution is -0.703. The molecule has 0 bridgehead atoms. The van der Waals surface area contributed by atoms with Gasteiger partial charge >= 0.3 is 0 Å². The number of aromatic nitrogens is 2. The summed E-state index contributed by atoms with van der Waals surface area (Å²) >= 11 is 0. The van der Waals surface area contributed by atoms with Crippen molar-refractivity contribution in [2.24, 2.45) is 5.92 Å². The molecule has 92 valence electrons. The fraction of sp³-hybridized carbons (Fsp3) is 0.786. The van der Waals surface area contributed by atoms with Crippen LogP contribution in [-0.2, 0) is 6.54 Å². The van der Waals surface area contributed by atoms with Crippen LogP contribution in [0.1, 0.15) is 59.4 Å². The molecular weight excluding hydrogens is 196 g/mol. The van der Waals surface area contributed by atoms with Crippen molar-refractivity contribution in [2.75, 3.05) is 0 Å². The molecule has 1 rings (SSSR count). The standard InChI is InChI=1S/C14H27N2/c1-5-7-8-14(6-2)11-15-9-10-16(12-15)13(3)4/h9-10,12-14H,5-8,11H2,1-4H3/q+1. The minimum atomic E-state index is 0.567. The van der Waals surface area contributed by atoms with E-state index in [1.807, 2.05) is 0 Å². The predicted octanol–water partition coefficient (Wildman–Crippen LogP) is 3.57. The van der Waals surface area contributed by atoms with Crippen molar-refractivity contribution >= 4 is 0 Å². The molecule has 0 amide bonds. The van der Waals surface area contributed by atoms with Gasteiger partial charge in [0, 0.05) is 0 Å². The van der Waals surface area contributed by atoms with Gasteiger partial charge in [0.15, 0.2) is 0 Å². The lowest BCUT2D eigenvalue weighted by atomic mass is 9.99. The van der Waals surface area contributed by atoms with E-state index in [0.29, 0.717) is 6.04 Å². The zero-order valence-corrected chi connectivity index (χ0v) is 11.3. The molecule has 0 aromatic carbocycles. The normalized spacial score (nSPS) is 13.3. The highest BCUT2D eigenvalue weighted by molar-refractivity contribution is 4.70. The topological polar surface area (TPSA) is 8.81 Å². The zero-order valence-electron chi connectivity index (χ0n) is 11.3. The van der Waals surface area contributed by atoms with Crippen LogP contribution in [0.4, 0.5) is 0 Å². The van der Waals surface area contributed by atoms with Gasteiger partial charge in [-0.25, -0.2) is 9.13 Å². The van der Waals surface area contributed by atoms with Crippen molar-refractivity contribution in [3.05, 3.63) is 18.7 Å². The second-order valence-electron chi connectivity index (χ2n) is 5.07. The fourth-order valence-corrected chi connectivity index (χ4v) is 2.04. The van der Waals surface area contributed by atoms with Gasteiger partial charge in [-0.1, -0.05) is 26.7 Å². The SMILES string of the molecule is CCCCC(CC)C[n+]1ccn(C(C)C)c1. The summed E-state index contributed by atoms with van der Waals surface area (Å²) in [5.74, 6) is 0.841. The highest BCUT2D eigenvalue weighted by atomic mass is 15.1. The summed E-state index contributed by atoms with van der Waals surface area (Å²) in [5, 5.41) is 0. The van der Waals surface area contributed by atoms with E-state index < -0.39 is 0 Å². The molecule has 1 unspecified atom stereocenters. The van der Waals surface area contributed by atoms with Crippen molar-refractivity contribution in [3.8, 4) is 0 Å². The smallest absolute Gasteiger partial charge is 0.237 e. The molecule has 1 atom stereocenters. The van der Waals surface area contributed by atoms with Crippen LogP contribution in [0.15, 0.2) is 18.7 Å². The zero-order chi connectivity index (χ0) is 12.0. The summed E-state index contributed by atoms with van der Waals surface area (Å²) in [4.78, 5) is 0. The van der Waals surface area contributed by atoms with Crippen molar-refractivity contribution in [2.45, 2.75) is 66.0 Å². The minimum Gasteiger partial charge on any atom is -0.237 e. The van der Waals surface area contributed by atoms with Crippen LogP contribution >= 0.6 is 0 Å². The Morgan fingerprint density at radius 3 is 2.50 bits per heavy atom. The number of hydrogen-bond acceptors (Lipinski definition) is 0. The quantitative estimate of drug-likeness (QED) is 0.625. The summed E-state index contributed by atoms with van der Waals surface area (Å²) in [5.41, 5.74) is 0. The summed E-state index contributed by atoms with van der Waals surface area (Å²) in [6.07, 6.45) is 12.0. The number of nitrogens with zero attached hydrogens (tertiary/aromatic N) is 2. The summed E-state index contributed by atoms with van der Waals surface area (Å²) < 4.78 is 4.61. The van der Waals surface area contributed by atoms with E-state index in [2.05, 4.69) is 55.6 Å². The summed E-state index contributed by atoms with van der Waals surface area (Å²) in [6.45, 7) is 10.2. The minimum absolute atomic E-state index is 0.567. The average Bonchev–Trinajstić information content (AvgIpc) is 2.72. The Hall–Kier alpha value is -0.790. The van der Waals surface area contributed by atoms with E-state index in [9.17, 15) is 0 Å². The first-order valence-corrected chi connectivity index (χ1v) is 6.73. The third-order valence-corrected chi connectivity index (χ3v) is 3.32. The Kier molecular flexibility index (Phi) is 5.58. The molecule has 0 N–H and O–H groups in total. The summed E-state index contributed by atoms with van der Waals surface area (Å²) in [6, 6.07) is 0.567. The van der Waals surface area contributed by atoms with E-state index in [1.165, 1.54) is 32.2 Å². The second-order valence-corrected chi connectivity index (χ2v) is 5.07. The Bertz CT molecular complexity index is 289. The maximum Gasteiger partial charge on any atom is 0.243 e. The van der Waals surface area contributed by atoms with Crippen molar-refractivity contribution in [1.29, 1.82) is 0 Å². The highest BCUT2D eigenvalue weighted by Crippen LogP contribution is 2.12. The number of rotatable bonds is 7. The highest BCUT2D eigenvalue weighted by Gasteiger charge is 2.12. The number of unbranched alkanes of at least 4 members (excludes halogenated alkanes) is 1. The second kappa shape index (κ2) is 6.72. The Morgan fingerprint density at radius 1 is 1.25 bits per heavy atom. The molecule has 16 heavy (non-hydrogen) atoms. The average molecular weight is 223 g/mol. The van der Waals surface area contributed by atoms with Crippen LogP contribution < -0.4 is 4.57 Å². The van der Waals surface area contributed by atoms with Gasteiger partial charge in [0.2, 0.25) is 6.33 Å². The molecule has 0 saturated carbocycles. The molecule has 0 spiro atoms. The van der Waals surface area contributed by atoms with Crippen molar-refractivity contribution in [1.82, 2.24) is 4.57 Å². The first-order chi connectivity index (χ1) is 7.67. The Morgan fingerprint density at radius 2 is 2.00 bits per heavy atom. The van der Waals surface area contributed by atoms with Crippen LogP contribution in [0, 0.1) is 5.92 Å². The van der Waals surface area contributed by atoms with Gasteiger partial charge in [-0.15, -0.1) is 0 Å². The van der Waals surface area contributed by atoms with Crippen LogP contribution in [0.25, 0.3) is 0 Å². The molecule has 0 aliphatic carbocycles. The maximum atomic E-state index is 2.34. The van der Waals surface area contributed by atoms with Crippen LogP contribution in [0.2, 0.25) is 0 Å². The van der Waals surface area contributed by atoms with Crippen molar-refractivity contribution in [3.63, 3.8) is 0 Å². The van der Waals surface area contributed by atoms with E-state index in [4.69, 9.17) is 0 Å². The van der Waals surface area contributed by atoms with Crippen molar-refractivity contribution < 1.29 is 4.57 Å². The predicted molar refractivity (Wildman–Crippen MR) is 68.3 cm³/mol. The Balaban J connectivity index is 2.49. The molecule has 0 aliphatic rings. The molecule has 0 fully saturated rings. The lowest BCUT2D eigenvalue weighted by Crippen LogP contribution is -2.35. The van der Waals surface area contributed by atoms with Gasteiger partial charge in [0.25, 0.3) is 0 Å². The number of imidazole rings is 1. The van der Waals surface area contributed by atoms with Gasteiger partial charge in [-0.2, -0.15) is 0 Å². The maximum absolute atomic E-state index is 2.34. The monoisotopic (exact) mass is 223 g/mol. The fourth-order valence-electron chi connectivity index (χ4n) is 2.04. The van der Waals surface area contributed by atoms with Crippen LogP contribution in [-0.4, -0.2) is 4.57 Å². The molecule has 2 heteroatoms. The summed E-state index contributed by atoms with van der Waals surface area (Å²) in [7, 11) is 0. The molecule has 1 heterocycles. The van der Waals surface area contributed by atoms with Gasteiger partial charge in [-0.3, -0.25) is 0 Å². The van der Waals surface area contributed by atoms with Gasteiger partial charge in [-0.05, 0) is 32.6 Å². The molecular formula is C14H27N2+. The van der Waals surface area contributed by atoms with Crippen LogP contribution in [0.3, 0.4) is 0 Å². The van der Waals surface area contributed by atoms with Gasteiger partial charge in [0.05, 0.1) is 12.6 Å². The van der Waals surface area contributed by atoms with E-state index in [-0.39, 0.29) is 0 Å². The molecule has 1 aromatic rings. The number of hydrogen-bond donors (Lipinski definition) is 0. The first kappa shape index (κ1) is 13.3. The molecule has 0 saturated heterocycles. The third-order valence-electron chi connectivity index (χ3n) is 3.32. The van der Waals surface area contributed by atoms with Crippen LogP contribution in [0.5, 0.6) is 0 Å². The molecule has 1 aromatic heterocycles. The van der Waals surface area contributed by atoms with E-state index in [0.717, 1.165) is 5.92 Å². The Labute approximate surface area is 100 Å². The van der Waals surface area contributed by atoms with E-state index in [1.54, 1.807) is 0 Å². The third kappa shape index (κ3) is 3.99. The first-order valence-electron chi connectivity index (χ1n) is 6.73. The molecule has 0 radical (unpaired) electrons. The molecule has 2 nitrogen and oxygen atoms in total. The lowest BCUT2D eigenvalue weighted by Gasteiger charge is -2.11.